The third kappa shape index (κ3) is 4.27. The van der Waals surface area contributed by atoms with Crippen LogP contribution in [0.3, 0.4) is 0 Å². The molecule has 0 bridgehead atoms. The number of imide groups is 1. The molecule has 1 aliphatic heterocycles. The molecule has 9 heteroatoms. The van der Waals surface area contributed by atoms with Gasteiger partial charge >= 0.3 is 5.97 Å². The quantitative estimate of drug-likeness (QED) is 0.570. The van der Waals surface area contributed by atoms with E-state index < -0.39 is 25.0 Å². The molecule has 2 fully saturated rings. The van der Waals surface area contributed by atoms with Gasteiger partial charge in [-0.25, -0.2) is 0 Å². The summed E-state index contributed by atoms with van der Waals surface area (Å²) in [5, 5.41) is 2.94. The van der Waals surface area contributed by atoms with Crippen molar-refractivity contribution in [3.05, 3.63) is 23.2 Å². The SMILES string of the molecule is COc1ccc(Cl)cc1NC(=O)COC(=O)CN1C(=O)[C@@H]2CCCC[C@H]2C1=O. The molecular weight excluding hydrogens is 388 g/mol. The number of esters is 1. The van der Waals surface area contributed by atoms with Gasteiger partial charge in [-0.05, 0) is 31.0 Å². The summed E-state index contributed by atoms with van der Waals surface area (Å²) in [7, 11) is 1.45. The van der Waals surface area contributed by atoms with Gasteiger partial charge in [0.2, 0.25) is 11.8 Å². The molecule has 0 radical (unpaired) electrons. The summed E-state index contributed by atoms with van der Waals surface area (Å²) in [5.41, 5.74) is 0.338. The Labute approximate surface area is 167 Å². The lowest BCUT2D eigenvalue weighted by Gasteiger charge is -2.19. The predicted molar refractivity (Wildman–Crippen MR) is 99.8 cm³/mol. The van der Waals surface area contributed by atoms with Crippen LogP contribution in [0.1, 0.15) is 25.7 Å². The van der Waals surface area contributed by atoms with Crippen LogP contribution >= 0.6 is 11.6 Å². The molecule has 0 spiro atoms. The molecule has 3 rings (SSSR count). The van der Waals surface area contributed by atoms with Crippen LogP contribution in [0.4, 0.5) is 5.69 Å². The van der Waals surface area contributed by atoms with Gasteiger partial charge < -0.3 is 14.8 Å². The fourth-order valence-electron chi connectivity index (χ4n) is 3.67. The van der Waals surface area contributed by atoms with Gasteiger partial charge in [0.15, 0.2) is 6.61 Å². The molecule has 28 heavy (non-hydrogen) atoms. The minimum Gasteiger partial charge on any atom is -0.495 e. The van der Waals surface area contributed by atoms with E-state index in [1.54, 1.807) is 12.1 Å². The summed E-state index contributed by atoms with van der Waals surface area (Å²) in [6, 6.07) is 4.70. The van der Waals surface area contributed by atoms with Gasteiger partial charge in [0, 0.05) is 5.02 Å². The van der Waals surface area contributed by atoms with Gasteiger partial charge in [-0.2, -0.15) is 0 Å². The number of ether oxygens (including phenoxy) is 2. The minimum absolute atomic E-state index is 0.320. The van der Waals surface area contributed by atoms with Gasteiger partial charge in [0.1, 0.15) is 12.3 Å². The zero-order valence-electron chi connectivity index (χ0n) is 15.4. The Morgan fingerprint density at radius 1 is 1.18 bits per heavy atom. The molecule has 0 unspecified atom stereocenters. The zero-order chi connectivity index (χ0) is 20.3. The van der Waals surface area contributed by atoms with Gasteiger partial charge in [-0.15, -0.1) is 0 Å². The van der Waals surface area contributed by atoms with Crippen LogP contribution in [-0.4, -0.2) is 48.9 Å². The minimum atomic E-state index is -0.812. The Morgan fingerprint density at radius 3 is 2.43 bits per heavy atom. The molecule has 150 valence electrons. The Bertz CT molecular complexity index is 788. The van der Waals surface area contributed by atoms with Gasteiger partial charge in [-0.3, -0.25) is 24.1 Å². The first-order chi connectivity index (χ1) is 13.4. The molecule has 8 nitrogen and oxygen atoms in total. The first-order valence-corrected chi connectivity index (χ1v) is 9.42. The Morgan fingerprint density at radius 2 is 1.82 bits per heavy atom. The second-order valence-electron chi connectivity index (χ2n) is 6.81. The molecule has 2 aliphatic rings. The number of anilines is 1. The van der Waals surface area contributed by atoms with Crippen LogP contribution in [0.25, 0.3) is 0 Å². The van der Waals surface area contributed by atoms with Crippen molar-refractivity contribution in [1.82, 2.24) is 4.90 Å². The van der Waals surface area contributed by atoms with Crippen molar-refractivity contribution in [2.24, 2.45) is 11.8 Å². The van der Waals surface area contributed by atoms with Crippen LogP contribution in [0.2, 0.25) is 5.02 Å². The van der Waals surface area contributed by atoms with Crippen LogP contribution < -0.4 is 10.1 Å². The van der Waals surface area contributed by atoms with E-state index in [0.717, 1.165) is 17.7 Å². The van der Waals surface area contributed by atoms with Gasteiger partial charge in [0.05, 0.1) is 24.6 Å². The number of methoxy groups -OCH3 is 1. The van der Waals surface area contributed by atoms with Crippen molar-refractivity contribution >= 4 is 41.0 Å². The third-order valence-electron chi connectivity index (χ3n) is 5.02. The van der Waals surface area contributed by atoms with E-state index in [-0.39, 0.29) is 23.7 Å². The highest BCUT2D eigenvalue weighted by atomic mass is 35.5. The number of nitrogens with zero attached hydrogens (tertiary/aromatic N) is 1. The van der Waals surface area contributed by atoms with E-state index in [4.69, 9.17) is 21.1 Å². The lowest BCUT2D eigenvalue weighted by Crippen LogP contribution is -2.37. The van der Waals surface area contributed by atoms with E-state index in [9.17, 15) is 19.2 Å². The Hall–Kier alpha value is -2.61. The summed E-state index contributed by atoms with van der Waals surface area (Å²) in [5.74, 6) is -2.30. The molecule has 1 saturated carbocycles. The van der Waals surface area contributed by atoms with Crippen LogP contribution in [0, 0.1) is 11.8 Å². The molecule has 1 aromatic carbocycles. The van der Waals surface area contributed by atoms with Crippen LogP contribution in [-0.2, 0) is 23.9 Å². The highest BCUT2D eigenvalue weighted by Crippen LogP contribution is 2.37. The number of fused-ring (bicyclic) bond motifs is 1. The number of rotatable bonds is 6. The second-order valence-corrected chi connectivity index (χ2v) is 7.25. The summed E-state index contributed by atoms with van der Waals surface area (Å²) >= 11 is 5.90. The van der Waals surface area contributed by atoms with Gasteiger partial charge in [-0.1, -0.05) is 24.4 Å². The average Bonchev–Trinajstić information content (AvgIpc) is 2.92. The Balaban J connectivity index is 1.52. The van der Waals surface area contributed by atoms with Crippen molar-refractivity contribution in [2.75, 3.05) is 25.6 Å². The monoisotopic (exact) mass is 408 g/mol. The van der Waals surface area contributed by atoms with Gasteiger partial charge in [0.25, 0.3) is 5.91 Å². The van der Waals surface area contributed by atoms with Crippen molar-refractivity contribution in [1.29, 1.82) is 0 Å². The topological polar surface area (TPSA) is 102 Å². The molecule has 1 heterocycles. The first kappa shape index (κ1) is 20.1. The lowest BCUT2D eigenvalue weighted by molar-refractivity contribution is -0.154. The predicted octanol–water partition coefficient (Wildman–Crippen LogP) is 2.01. The summed E-state index contributed by atoms with van der Waals surface area (Å²) in [6.07, 6.45) is 3.16. The maximum atomic E-state index is 12.4. The number of likely N-dealkylation sites (tertiary alicyclic amines) is 1. The van der Waals surface area contributed by atoms with Crippen LogP contribution in [0.5, 0.6) is 5.75 Å². The van der Waals surface area contributed by atoms with Crippen LogP contribution in [0.15, 0.2) is 18.2 Å². The molecule has 2 atom stereocenters. The van der Waals surface area contributed by atoms with E-state index in [2.05, 4.69) is 5.32 Å². The van der Waals surface area contributed by atoms with E-state index in [0.29, 0.717) is 29.3 Å². The molecule has 1 aromatic rings. The number of halogens is 1. The molecular formula is C19H21ClN2O6. The third-order valence-corrected chi connectivity index (χ3v) is 5.25. The highest BCUT2D eigenvalue weighted by Gasteiger charge is 2.48. The number of hydrogen-bond donors (Lipinski definition) is 1. The number of amides is 3. The number of carbonyl (C=O) groups is 4. The average molecular weight is 409 g/mol. The highest BCUT2D eigenvalue weighted by molar-refractivity contribution is 6.31. The first-order valence-electron chi connectivity index (χ1n) is 9.05. The fourth-order valence-corrected chi connectivity index (χ4v) is 3.84. The smallest absolute Gasteiger partial charge is 0.326 e. The number of benzene rings is 1. The molecule has 1 saturated heterocycles. The van der Waals surface area contributed by atoms with Crippen molar-refractivity contribution in [3.63, 3.8) is 0 Å². The standard InChI is InChI=1S/C19H21ClN2O6/c1-27-15-7-6-11(20)8-14(15)21-16(23)10-28-17(24)9-22-18(25)12-4-2-3-5-13(12)19(22)26/h6-8,12-13H,2-5,9-10H2,1H3,(H,21,23)/t12-,13-/m1/s1. The number of carbonyl (C=O) groups excluding carboxylic acids is 4. The maximum Gasteiger partial charge on any atom is 0.326 e. The van der Waals surface area contributed by atoms with E-state index >= 15 is 0 Å². The molecule has 0 aromatic heterocycles. The summed E-state index contributed by atoms with van der Waals surface area (Å²) in [6.45, 7) is -1.03. The normalized spacial score (nSPS) is 21.3. The van der Waals surface area contributed by atoms with Crippen molar-refractivity contribution in [3.8, 4) is 5.75 Å². The number of hydrogen-bond acceptors (Lipinski definition) is 6. The van der Waals surface area contributed by atoms with E-state index in [1.165, 1.54) is 13.2 Å². The van der Waals surface area contributed by atoms with Crippen molar-refractivity contribution < 1.29 is 28.7 Å². The zero-order valence-corrected chi connectivity index (χ0v) is 16.2. The molecule has 3 amide bonds. The largest absolute Gasteiger partial charge is 0.495 e. The summed E-state index contributed by atoms with van der Waals surface area (Å²) in [4.78, 5) is 49.7. The second kappa shape index (κ2) is 8.60. The number of nitrogens with one attached hydrogen (secondary N) is 1. The Kier molecular flexibility index (Phi) is 6.18. The van der Waals surface area contributed by atoms with Crippen molar-refractivity contribution in [2.45, 2.75) is 25.7 Å². The molecule has 1 aliphatic carbocycles. The molecule has 1 N–H and O–H groups in total. The van der Waals surface area contributed by atoms with E-state index in [1.807, 2.05) is 0 Å². The lowest BCUT2D eigenvalue weighted by atomic mass is 9.81. The summed E-state index contributed by atoms with van der Waals surface area (Å²) < 4.78 is 10.0. The fraction of sp³-hybridized carbons (Fsp3) is 0.474. The maximum absolute atomic E-state index is 12.4.